The normalized spacial score (nSPS) is 8.00. The summed E-state index contributed by atoms with van der Waals surface area (Å²) in [5.74, 6) is -0.806. The third-order valence-corrected chi connectivity index (χ3v) is 1.79. The Kier molecular flexibility index (Phi) is 3.62. The Balaban J connectivity index is 3.65. The van der Waals surface area contributed by atoms with Crippen molar-refractivity contribution >= 4 is 9.87 Å². The summed E-state index contributed by atoms with van der Waals surface area (Å²) in [6.45, 7) is 3.41. The van der Waals surface area contributed by atoms with Crippen LogP contribution in [0, 0.1) is 0 Å². The van der Waals surface area contributed by atoms with E-state index in [2.05, 4.69) is 6.58 Å². The fraction of sp³-hybridized carbons (Fsp3) is 0.200. The number of aliphatic carboxylic acids is 1. The van der Waals surface area contributed by atoms with E-state index in [-0.39, 0.29) is 0 Å². The first-order chi connectivity index (χ1) is 3.68. The molecule has 0 aliphatic rings. The molecule has 0 radical (unpaired) electrons. The van der Waals surface area contributed by atoms with Crippen molar-refractivity contribution in [1.82, 2.24) is 0 Å². The van der Waals surface area contributed by atoms with Gasteiger partial charge in [0.1, 0.15) is 0 Å². The summed E-state index contributed by atoms with van der Waals surface area (Å²) in [4.78, 5) is 10.0. The predicted molar refractivity (Wildman–Crippen MR) is 27.5 cm³/mol. The van der Waals surface area contributed by atoms with E-state index in [9.17, 15) is 4.79 Å². The molecule has 0 fully saturated rings. The van der Waals surface area contributed by atoms with Crippen LogP contribution in [0.1, 0.15) is 6.42 Å². The van der Waals surface area contributed by atoms with E-state index in [4.69, 9.17) is 5.11 Å². The van der Waals surface area contributed by atoms with Crippen molar-refractivity contribution in [2.45, 2.75) is 6.42 Å². The average Bonchev–Trinajstić information content (AvgIpc) is 1.67. The molecule has 0 saturated carbocycles. The second-order valence-corrected chi connectivity index (χ2v) is 2.99. The molecule has 0 aromatic heterocycles. The van der Waals surface area contributed by atoms with E-state index in [1.807, 2.05) is 0 Å². The Morgan fingerprint density at radius 2 is 2.38 bits per heavy atom. The van der Waals surface area contributed by atoms with Gasteiger partial charge < -0.3 is 0 Å². The van der Waals surface area contributed by atoms with Gasteiger partial charge in [-0.3, -0.25) is 0 Å². The first-order valence-corrected chi connectivity index (χ1v) is 3.52. The minimum absolute atomic E-state index is 0.505. The maximum absolute atomic E-state index is 10.0. The summed E-state index contributed by atoms with van der Waals surface area (Å²) in [7, 11) is 0. The fourth-order valence-corrected chi connectivity index (χ4v) is 0.642. The van der Waals surface area contributed by atoms with Crippen molar-refractivity contribution in [3.05, 3.63) is 12.7 Å². The van der Waals surface area contributed by atoms with E-state index >= 15 is 0 Å². The average molecular weight is 282 g/mol. The Hall–Kier alpha value is -0.232. The van der Waals surface area contributed by atoms with Crippen LogP contribution in [-0.4, -0.2) is 15.0 Å². The summed E-state index contributed by atoms with van der Waals surface area (Å²) in [6, 6.07) is 0. The molecule has 0 unspecified atom stereocenters. The monoisotopic (exact) mass is 282 g/mol. The van der Waals surface area contributed by atoms with Gasteiger partial charge >= 0.3 is 58.2 Å². The molecular weight excluding hydrogens is 276 g/mol. The van der Waals surface area contributed by atoms with Crippen molar-refractivity contribution in [2.75, 3.05) is 0 Å². The van der Waals surface area contributed by atoms with Gasteiger partial charge in [-0.05, 0) is 0 Å². The van der Waals surface area contributed by atoms with Gasteiger partial charge in [-0.1, -0.05) is 0 Å². The summed E-state index contributed by atoms with van der Waals surface area (Å²) in [5, 5.41) is 8.25. The van der Waals surface area contributed by atoms with Crippen LogP contribution in [0.25, 0.3) is 0 Å². The Morgan fingerprint density at radius 1 is 1.88 bits per heavy atom. The maximum atomic E-state index is 10.0. The molecule has 3 heteroatoms. The topological polar surface area (TPSA) is 37.3 Å². The van der Waals surface area contributed by atoms with Crippen LogP contribution in [0.3, 0.4) is 0 Å². The Morgan fingerprint density at radius 3 is 2.50 bits per heavy atom. The van der Waals surface area contributed by atoms with Crippen LogP contribution in [-0.2, 0) is 24.1 Å². The van der Waals surface area contributed by atoms with E-state index in [0.29, 0.717) is 10.3 Å². The molecule has 0 rings (SSSR count). The van der Waals surface area contributed by atoms with Crippen molar-refractivity contribution in [3.63, 3.8) is 0 Å². The molecule has 44 valence electrons. The molecule has 8 heavy (non-hydrogen) atoms. The number of carboxylic acids is 1. The van der Waals surface area contributed by atoms with Crippen LogP contribution in [0.2, 0.25) is 0 Å². The molecule has 2 nitrogen and oxygen atoms in total. The van der Waals surface area contributed by atoms with Gasteiger partial charge in [-0.2, -0.15) is 0 Å². The standard InChI is InChI=1S/C5H6O2.W/c1-2-3-4-5(6)7;/h2H,1,3H2,(H,6,7);. The second kappa shape index (κ2) is 3.73. The quantitative estimate of drug-likeness (QED) is 0.759. The first kappa shape index (κ1) is 7.77. The van der Waals surface area contributed by atoms with Gasteiger partial charge in [0.25, 0.3) is 0 Å². The van der Waals surface area contributed by atoms with Crippen LogP contribution >= 0.6 is 0 Å². The SMILES string of the molecule is C=CC[C](=[W])C(=O)O. The van der Waals surface area contributed by atoms with Crippen LogP contribution in [0.4, 0.5) is 0 Å². The molecule has 0 aliphatic heterocycles. The molecule has 0 spiro atoms. The number of allylic oxidation sites excluding steroid dienone is 1. The van der Waals surface area contributed by atoms with Gasteiger partial charge in [-0.25, -0.2) is 0 Å². The zero-order valence-electron chi connectivity index (χ0n) is 4.26. The summed E-state index contributed by atoms with van der Waals surface area (Å²) in [5.41, 5.74) is 0. The molecule has 0 aromatic rings. The predicted octanol–water partition coefficient (Wildman–Crippen LogP) is 0.366. The number of carbonyl (C=O) groups is 1. The number of rotatable bonds is 3. The third-order valence-electron chi connectivity index (χ3n) is 0.568. The molecule has 0 aromatic carbocycles. The van der Waals surface area contributed by atoms with Crippen molar-refractivity contribution < 1.29 is 29.3 Å². The zero-order valence-corrected chi connectivity index (χ0v) is 7.19. The number of hydrogen-bond donors (Lipinski definition) is 1. The van der Waals surface area contributed by atoms with Crippen LogP contribution in [0.15, 0.2) is 12.7 Å². The van der Waals surface area contributed by atoms with Crippen molar-refractivity contribution in [3.8, 4) is 0 Å². The van der Waals surface area contributed by atoms with Crippen LogP contribution < -0.4 is 0 Å². The van der Waals surface area contributed by atoms with E-state index in [0.717, 1.165) is 19.4 Å². The zero-order chi connectivity index (χ0) is 6.57. The molecule has 0 saturated heterocycles. The van der Waals surface area contributed by atoms with Gasteiger partial charge in [-0.15, -0.1) is 0 Å². The molecule has 0 amide bonds. The summed E-state index contributed by atoms with van der Waals surface area (Å²) >= 11 is 1.01. The van der Waals surface area contributed by atoms with E-state index < -0.39 is 5.97 Å². The van der Waals surface area contributed by atoms with Gasteiger partial charge in [0.05, 0.1) is 0 Å². The third kappa shape index (κ3) is 2.86. The second-order valence-electron chi connectivity index (χ2n) is 1.22. The van der Waals surface area contributed by atoms with Crippen molar-refractivity contribution in [2.24, 2.45) is 0 Å². The molecular formula is C5H6O2W. The van der Waals surface area contributed by atoms with Gasteiger partial charge in [0, 0.05) is 0 Å². The first-order valence-electron chi connectivity index (χ1n) is 2.05. The van der Waals surface area contributed by atoms with E-state index in [1.54, 1.807) is 6.08 Å². The molecule has 0 bridgehead atoms. The molecule has 0 heterocycles. The Labute approximate surface area is 58.6 Å². The van der Waals surface area contributed by atoms with Crippen molar-refractivity contribution in [1.29, 1.82) is 0 Å². The molecule has 0 aliphatic carbocycles. The summed E-state index contributed by atoms with van der Waals surface area (Å²) in [6.07, 6.45) is 2.10. The van der Waals surface area contributed by atoms with E-state index in [1.165, 1.54) is 0 Å². The molecule has 0 atom stereocenters. The van der Waals surface area contributed by atoms with Crippen LogP contribution in [0.5, 0.6) is 0 Å². The Bertz CT molecular complexity index is 128. The summed E-state index contributed by atoms with van der Waals surface area (Å²) < 4.78 is 0.514. The van der Waals surface area contributed by atoms with Gasteiger partial charge in [0.2, 0.25) is 0 Å². The molecule has 1 N–H and O–H groups in total. The van der Waals surface area contributed by atoms with Gasteiger partial charge in [0.15, 0.2) is 0 Å². The number of hydrogen-bond acceptors (Lipinski definition) is 1. The minimum atomic E-state index is -0.806. The number of carboxylic acid groups (broad SMARTS) is 1. The fourth-order valence-electron chi connectivity index (χ4n) is 0.218.